The molecule has 0 amide bonds. The average Bonchev–Trinajstić information content (AvgIpc) is 3.01. The lowest BCUT2D eigenvalue weighted by molar-refractivity contribution is 0.370. The second-order valence-electron chi connectivity index (χ2n) is 5.23. The second kappa shape index (κ2) is 4.85. The van der Waals surface area contributed by atoms with Crippen LogP contribution in [0.5, 0.6) is 0 Å². The first-order valence-corrected chi connectivity index (χ1v) is 8.14. The Hall–Kier alpha value is -1.86. The standard InChI is InChI=1S/C14H17N3O3S/c1-9-13(14(15)16-20-9)21(18,19)17(2)12-8-7-10-5-3-4-6-11(10)12/h3-6,12H,7-8H2,1-2H3,(H2,15,16). The minimum atomic E-state index is -3.73. The predicted molar refractivity (Wildman–Crippen MR) is 78.1 cm³/mol. The van der Waals surface area contributed by atoms with Crippen molar-refractivity contribution < 1.29 is 12.9 Å². The quantitative estimate of drug-likeness (QED) is 0.935. The van der Waals surface area contributed by atoms with Crippen LogP contribution >= 0.6 is 0 Å². The smallest absolute Gasteiger partial charge is 0.250 e. The number of aryl methyl sites for hydroxylation is 2. The van der Waals surface area contributed by atoms with Crippen molar-refractivity contribution in [3.05, 3.63) is 41.2 Å². The zero-order valence-electron chi connectivity index (χ0n) is 11.9. The summed E-state index contributed by atoms with van der Waals surface area (Å²) in [7, 11) is -2.15. The molecular weight excluding hydrogens is 290 g/mol. The van der Waals surface area contributed by atoms with Gasteiger partial charge in [0, 0.05) is 7.05 Å². The van der Waals surface area contributed by atoms with Gasteiger partial charge in [-0.2, -0.15) is 4.31 Å². The Bertz CT molecular complexity index is 763. The van der Waals surface area contributed by atoms with Crippen LogP contribution in [0.25, 0.3) is 0 Å². The highest BCUT2D eigenvalue weighted by molar-refractivity contribution is 7.89. The number of hydrogen-bond donors (Lipinski definition) is 1. The van der Waals surface area contributed by atoms with Gasteiger partial charge < -0.3 is 10.3 Å². The summed E-state index contributed by atoms with van der Waals surface area (Å²) in [5.41, 5.74) is 7.89. The molecule has 0 aliphatic heterocycles. The molecule has 1 aliphatic rings. The van der Waals surface area contributed by atoms with Gasteiger partial charge in [0.05, 0.1) is 6.04 Å². The molecule has 3 rings (SSSR count). The van der Waals surface area contributed by atoms with Crippen molar-refractivity contribution in [3.8, 4) is 0 Å². The Morgan fingerprint density at radius 3 is 2.76 bits per heavy atom. The molecule has 21 heavy (non-hydrogen) atoms. The van der Waals surface area contributed by atoms with E-state index in [2.05, 4.69) is 5.16 Å². The highest BCUT2D eigenvalue weighted by atomic mass is 32.2. The monoisotopic (exact) mass is 307 g/mol. The van der Waals surface area contributed by atoms with Crippen molar-refractivity contribution in [2.75, 3.05) is 12.8 Å². The fourth-order valence-corrected chi connectivity index (χ4v) is 4.46. The molecule has 7 heteroatoms. The van der Waals surface area contributed by atoms with Crippen molar-refractivity contribution in [3.63, 3.8) is 0 Å². The van der Waals surface area contributed by atoms with Crippen molar-refractivity contribution in [1.82, 2.24) is 9.46 Å². The molecule has 0 fully saturated rings. The van der Waals surface area contributed by atoms with Crippen molar-refractivity contribution >= 4 is 15.8 Å². The number of anilines is 1. The third kappa shape index (κ3) is 2.13. The van der Waals surface area contributed by atoms with E-state index < -0.39 is 10.0 Å². The molecule has 2 N–H and O–H groups in total. The van der Waals surface area contributed by atoms with Gasteiger partial charge in [-0.05, 0) is 30.9 Å². The maximum atomic E-state index is 12.8. The summed E-state index contributed by atoms with van der Waals surface area (Å²) in [6, 6.07) is 7.73. The summed E-state index contributed by atoms with van der Waals surface area (Å²) >= 11 is 0. The predicted octanol–water partition coefficient (Wildman–Crippen LogP) is 1.87. The molecule has 1 aliphatic carbocycles. The van der Waals surface area contributed by atoms with E-state index in [0.29, 0.717) is 0 Å². The molecule has 0 saturated carbocycles. The number of aromatic nitrogens is 1. The second-order valence-corrected chi connectivity index (χ2v) is 7.16. The van der Waals surface area contributed by atoms with Crippen LogP contribution in [-0.4, -0.2) is 24.9 Å². The Morgan fingerprint density at radius 1 is 1.38 bits per heavy atom. The summed E-state index contributed by atoms with van der Waals surface area (Å²) in [5.74, 6) is 0.122. The van der Waals surface area contributed by atoms with Crippen LogP contribution in [0.1, 0.15) is 29.3 Å². The fraction of sp³-hybridized carbons (Fsp3) is 0.357. The van der Waals surface area contributed by atoms with Crippen LogP contribution in [0, 0.1) is 6.92 Å². The van der Waals surface area contributed by atoms with Crippen LogP contribution in [0.3, 0.4) is 0 Å². The van der Waals surface area contributed by atoms with Crippen LogP contribution in [0.4, 0.5) is 5.82 Å². The summed E-state index contributed by atoms with van der Waals surface area (Å²) in [6.45, 7) is 1.55. The molecule has 1 heterocycles. The zero-order chi connectivity index (χ0) is 15.2. The van der Waals surface area contributed by atoms with Crippen molar-refractivity contribution in [2.24, 2.45) is 0 Å². The molecule has 1 aromatic carbocycles. The third-order valence-corrected chi connectivity index (χ3v) is 6.04. The molecular formula is C14H17N3O3S. The van der Waals surface area contributed by atoms with E-state index in [9.17, 15) is 8.42 Å². The average molecular weight is 307 g/mol. The van der Waals surface area contributed by atoms with E-state index in [0.717, 1.165) is 18.4 Å². The highest BCUT2D eigenvalue weighted by Gasteiger charge is 2.36. The Balaban J connectivity index is 2.02. The van der Waals surface area contributed by atoms with Crippen LogP contribution in [0.15, 0.2) is 33.7 Å². The van der Waals surface area contributed by atoms with Crippen molar-refractivity contribution in [1.29, 1.82) is 0 Å². The lowest BCUT2D eigenvalue weighted by Crippen LogP contribution is -2.31. The topological polar surface area (TPSA) is 89.4 Å². The molecule has 1 aromatic heterocycles. The van der Waals surface area contributed by atoms with Crippen LogP contribution < -0.4 is 5.73 Å². The zero-order valence-corrected chi connectivity index (χ0v) is 12.7. The minimum absolute atomic E-state index is 0.0330. The summed E-state index contributed by atoms with van der Waals surface area (Å²) in [5, 5.41) is 3.53. The third-order valence-electron chi connectivity index (χ3n) is 4.01. The number of fused-ring (bicyclic) bond motifs is 1. The number of rotatable bonds is 3. The number of nitrogens with zero attached hydrogens (tertiary/aromatic N) is 2. The van der Waals surface area contributed by atoms with Gasteiger partial charge >= 0.3 is 0 Å². The normalized spacial score (nSPS) is 18.1. The Kier molecular flexibility index (Phi) is 3.26. The van der Waals surface area contributed by atoms with E-state index in [1.165, 1.54) is 9.87 Å². The molecule has 2 aromatic rings. The number of hydrogen-bond acceptors (Lipinski definition) is 5. The van der Waals surface area contributed by atoms with Crippen LogP contribution in [-0.2, 0) is 16.4 Å². The lowest BCUT2D eigenvalue weighted by Gasteiger charge is -2.24. The Labute approximate surface area is 123 Å². The molecule has 1 atom stereocenters. The first-order chi connectivity index (χ1) is 9.93. The van der Waals surface area contributed by atoms with Gasteiger partial charge in [-0.15, -0.1) is 0 Å². The maximum absolute atomic E-state index is 12.8. The van der Waals surface area contributed by atoms with Crippen LogP contribution in [0.2, 0.25) is 0 Å². The largest absolute Gasteiger partial charge is 0.380 e. The van der Waals surface area contributed by atoms with Gasteiger partial charge in [0.25, 0.3) is 10.0 Å². The first-order valence-electron chi connectivity index (χ1n) is 6.70. The number of nitrogen functional groups attached to an aromatic ring is 1. The van der Waals surface area contributed by atoms with Gasteiger partial charge in [0.2, 0.25) is 0 Å². The minimum Gasteiger partial charge on any atom is -0.380 e. The van der Waals surface area contributed by atoms with Gasteiger partial charge in [-0.3, -0.25) is 0 Å². The Morgan fingerprint density at radius 2 is 2.10 bits per heavy atom. The molecule has 6 nitrogen and oxygen atoms in total. The van der Waals surface area contributed by atoms with Gasteiger partial charge in [-0.1, -0.05) is 29.4 Å². The number of benzene rings is 1. The van der Waals surface area contributed by atoms with E-state index in [1.54, 1.807) is 14.0 Å². The number of sulfonamides is 1. The van der Waals surface area contributed by atoms with Crippen molar-refractivity contribution in [2.45, 2.75) is 30.7 Å². The lowest BCUT2D eigenvalue weighted by atomic mass is 10.1. The molecule has 0 radical (unpaired) electrons. The van der Waals surface area contributed by atoms with E-state index in [4.69, 9.17) is 10.3 Å². The molecule has 1 unspecified atom stereocenters. The molecule has 0 spiro atoms. The van der Waals surface area contributed by atoms with Gasteiger partial charge in [0.15, 0.2) is 16.5 Å². The number of nitrogens with two attached hydrogens (primary N) is 1. The molecule has 0 saturated heterocycles. The summed E-state index contributed by atoms with van der Waals surface area (Å²) in [6.07, 6.45) is 1.64. The van der Waals surface area contributed by atoms with E-state index >= 15 is 0 Å². The van der Waals surface area contributed by atoms with Gasteiger partial charge in [0.1, 0.15) is 0 Å². The van der Waals surface area contributed by atoms with Gasteiger partial charge in [-0.25, -0.2) is 8.42 Å². The summed E-state index contributed by atoms with van der Waals surface area (Å²) < 4.78 is 31.8. The molecule has 0 bridgehead atoms. The molecule has 112 valence electrons. The van der Waals surface area contributed by atoms with E-state index in [1.807, 2.05) is 24.3 Å². The maximum Gasteiger partial charge on any atom is 0.250 e. The van der Waals surface area contributed by atoms with E-state index in [-0.39, 0.29) is 22.5 Å². The first kappa shape index (κ1) is 14.1. The summed E-state index contributed by atoms with van der Waals surface area (Å²) in [4.78, 5) is -0.0330. The fourth-order valence-electron chi connectivity index (χ4n) is 2.92. The SMILES string of the molecule is Cc1onc(N)c1S(=O)(=O)N(C)C1CCc2ccccc21. The highest BCUT2D eigenvalue weighted by Crippen LogP contribution is 2.38.